The minimum Gasteiger partial charge on any atom is -0.294 e. The molecule has 2 aromatic rings. The molecule has 124 valence electrons. The Labute approximate surface area is 143 Å². The van der Waals surface area contributed by atoms with Crippen LogP contribution >= 0.6 is 0 Å². The molecular formula is C21H24N2O. The van der Waals surface area contributed by atoms with Crippen LogP contribution in [0.1, 0.15) is 47.3 Å². The Bertz CT molecular complexity index is 714. The van der Waals surface area contributed by atoms with Crippen LogP contribution in [0.25, 0.3) is 0 Å². The zero-order valence-corrected chi connectivity index (χ0v) is 14.2. The SMILES string of the molecule is Cc1cc(C(=O)C2CC3CCC(C2)N3Cc2ccccc2)ccn1. The third-order valence-corrected chi connectivity index (χ3v) is 5.64. The molecule has 3 heteroatoms. The molecule has 2 aliphatic rings. The molecule has 0 radical (unpaired) electrons. The van der Waals surface area contributed by atoms with Crippen LogP contribution in [-0.4, -0.2) is 27.8 Å². The van der Waals surface area contributed by atoms with Crippen LogP contribution in [0.3, 0.4) is 0 Å². The molecular weight excluding hydrogens is 296 g/mol. The van der Waals surface area contributed by atoms with Gasteiger partial charge in [-0.15, -0.1) is 0 Å². The zero-order valence-electron chi connectivity index (χ0n) is 14.2. The number of carbonyl (C=O) groups excluding carboxylic acids is 1. The number of pyridine rings is 1. The summed E-state index contributed by atoms with van der Waals surface area (Å²) >= 11 is 0. The number of Topliss-reactive ketones (excluding diaryl/α,β-unsaturated/α-hetero) is 1. The van der Waals surface area contributed by atoms with E-state index in [4.69, 9.17) is 0 Å². The van der Waals surface area contributed by atoms with Crippen LogP contribution in [0.4, 0.5) is 0 Å². The fourth-order valence-electron chi connectivity index (χ4n) is 4.48. The van der Waals surface area contributed by atoms with Gasteiger partial charge < -0.3 is 0 Å². The summed E-state index contributed by atoms with van der Waals surface area (Å²) in [6, 6.07) is 15.6. The summed E-state index contributed by atoms with van der Waals surface area (Å²) in [5.74, 6) is 0.494. The van der Waals surface area contributed by atoms with Crippen LogP contribution in [0.2, 0.25) is 0 Å². The number of hydrogen-bond donors (Lipinski definition) is 0. The van der Waals surface area contributed by atoms with Crippen molar-refractivity contribution in [2.75, 3.05) is 0 Å². The Morgan fingerprint density at radius 3 is 2.50 bits per heavy atom. The standard InChI is InChI=1S/C21H24N2O/c1-15-11-17(9-10-22-15)21(24)18-12-19-7-8-20(13-18)23(19)14-16-5-3-2-4-6-16/h2-6,9-11,18-20H,7-8,12-14H2,1H3. The van der Waals surface area contributed by atoms with Gasteiger partial charge >= 0.3 is 0 Å². The highest BCUT2D eigenvalue weighted by Gasteiger charge is 2.42. The average molecular weight is 320 g/mol. The molecule has 3 nitrogen and oxygen atoms in total. The van der Waals surface area contributed by atoms with Crippen LogP contribution < -0.4 is 0 Å². The van der Waals surface area contributed by atoms with Crippen molar-refractivity contribution in [2.45, 2.75) is 51.2 Å². The number of rotatable bonds is 4. The maximum Gasteiger partial charge on any atom is 0.166 e. The van der Waals surface area contributed by atoms with Gasteiger partial charge in [0.25, 0.3) is 0 Å². The number of aromatic nitrogens is 1. The summed E-state index contributed by atoms with van der Waals surface area (Å²) in [5.41, 5.74) is 3.14. The Kier molecular flexibility index (Phi) is 4.19. The van der Waals surface area contributed by atoms with E-state index in [9.17, 15) is 4.79 Å². The van der Waals surface area contributed by atoms with Crippen molar-refractivity contribution in [1.82, 2.24) is 9.88 Å². The van der Waals surface area contributed by atoms with Gasteiger partial charge in [-0.25, -0.2) is 0 Å². The number of hydrogen-bond acceptors (Lipinski definition) is 3. The predicted molar refractivity (Wildman–Crippen MR) is 94.8 cm³/mol. The van der Waals surface area contributed by atoms with Crippen molar-refractivity contribution in [2.24, 2.45) is 5.92 Å². The van der Waals surface area contributed by atoms with Gasteiger partial charge in [-0.1, -0.05) is 30.3 Å². The number of ketones is 1. The van der Waals surface area contributed by atoms with Gasteiger partial charge in [0.2, 0.25) is 0 Å². The van der Waals surface area contributed by atoms with Gasteiger partial charge in [0.1, 0.15) is 0 Å². The van der Waals surface area contributed by atoms with E-state index in [1.54, 1.807) is 6.20 Å². The lowest BCUT2D eigenvalue weighted by Gasteiger charge is -2.38. The van der Waals surface area contributed by atoms with Gasteiger partial charge in [-0.2, -0.15) is 0 Å². The lowest BCUT2D eigenvalue weighted by molar-refractivity contribution is 0.0678. The van der Waals surface area contributed by atoms with Crippen LogP contribution in [-0.2, 0) is 6.54 Å². The van der Waals surface area contributed by atoms with E-state index in [0.29, 0.717) is 17.9 Å². The number of piperidine rings is 1. The van der Waals surface area contributed by atoms with Crippen molar-refractivity contribution in [3.8, 4) is 0 Å². The van der Waals surface area contributed by atoms with Crippen LogP contribution in [0, 0.1) is 12.8 Å². The van der Waals surface area contributed by atoms with Crippen molar-refractivity contribution in [3.63, 3.8) is 0 Å². The second kappa shape index (κ2) is 6.48. The van der Waals surface area contributed by atoms with Gasteiger partial charge in [-0.3, -0.25) is 14.7 Å². The van der Waals surface area contributed by atoms with E-state index >= 15 is 0 Å². The topological polar surface area (TPSA) is 33.2 Å². The number of carbonyl (C=O) groups is 1. The fourth-order valence-corrected chi connectivity index (χ4v) is 4.48. The Balaban J connectivity index is 1.47. The average Bonchev–Trinajstić information content (AvgIpc) is 2.83. The zero-order chi connectivity index (χ0) is 16.5. The van der Waals surface area contributed by atoms with Crippen molar-refractivity contribution in [3.05, 3.63) is 65.5 Å². The second-order valence-electron chi connectivity index (χ2n) is 7.26. The minimum absolute atomic E-state index is 0.177. The highest BCUT2D eigenvalue weighted by atomic mass is 16.1. The van der Waals surface area contributed by atoms with E-state index in [0.717, 1.165) is 30.6 Å². The largest absolute Gasteiger partial charge is 0.294 e. The van der Waals surface area contributed by atoms with E-state index in [-0.39, 0.29) is 5.92 Å². The van der Waals surface area contributed by atoms with E-state index < -0.39 is 0 Å². The number of benzene rings is 1. The first-order valence-corrected chi connectivity index (χ1v) is 8.97. The molecule has 0 saturated carbocycles. The number of aryl methyl sites for hydroxylation is 1. The maximum atomic E-state index is 12.9. The summed E-state index contributed by atoms with van der Waals surface area (Å²) in [7, 11) is 0. The van der Waals surface area contributed by atoms with Crippen molar-refractivity contribution >= 4 is 5.78 Å². The molecule has 2 atom stereocenters. The molecule has 0 amide bonds. The fraction of sp³-hybridized carbons (Fsp3) is 0.429. The third kappa shape index (κ3) is 3.01. The normalized spacial score (nSPS) is 26.5. The molecule has 0 N–H and O–H groups in total. The van der Waals surface area contributed by atoms with Crippen molar-refractivity contribution < 1.29 is 4.79 Å². The first kappa shape index (κ1) is 15.5. The molecule has 2 unspecified atom stereocenters. The first-order valence-electron chi connectivity index (χ1n) is 8.97. The van der Waals surface area contributed by atoms with E-state index in [2.05, 4.69) is 40.2 Å². The molecule has 1 aromatic carbocycles. The Hall–Kier alpha value is -2.00. The second-order valence-corrected chi connectivity index (χ2v) is 7.26. The lowest BCUT2D eigenvalue weighted by Crippen LogP contribution is -2.44. The molecule has 2 fully saturated rings. The van der Waals surface area contributed by atoms with Crippen molar-refractivity contribution in [1.29, 1.82) is 0 Å². The third-order valence-electron chi connectivity index (χ3n) is 5.64. The van der Waals surface area contributed by atoms with Gasteiger partial charge in [0.05, 0.1) is 0 Å². The molecule has 0 aliphatic carbocycles. The number of nitrogens with zero attached hydrogens (tertiary/aromatic N) is 2. The summed E-state index contributed by atoms with van der Waals surface area (Å²) in [4.78, 5) is 19.7. The molecule has 2 bridgehead atoms. The minimum atomic E-state index is 0.177. The smallest absolute Gasteiger partial charge is 0.166 e. The molecule has 2 saturated heterocycles. The lowest BCUT2D eigenvalue weighted by atomic mass is 9.84. The van der Waals surface area contributed by atoms with Gasteiger partial charge in [0, 0.05) is 42.0 Å². The Morgan fingerprint density at radius 1 is 1.12 bits per heavy atom. The maximum absolute atomic E-state index is 12.9. The number of fused-ring (bicyclic) bond motifs is 2. The Morgan fingerprint density at radius 2 is 1.83 bits per heavy atom. The molecule has 1 aromatic heterocycles. The summed E-state index contributed by atoms with van der Waals surface area (Å²) in [5, 5.41) is 0. The monoisotopic (exact) mass is 320 g/mol. The molecule has 4 rings (SSSR count). The molecule has 24 heavy (non-hydrogen) atoms. The highest BCUT2D eigenvalue weighted by molar-refractivity contribution is 5.98. The predicted octanol–water partition coefficient (Wildman–Crippen LogP) is 4.02. The summed E-state index contributed by atoms with van der Waals surface area (Å²) in [6.45, 7) is 2.97. The molecule has 2 aliphatic heterocycles. The highest BCUT2D eigenvalue weighted by Crippen LogP contribution is 2.40. The van der Waals surface area contributed by atoms with E-state index in [1.165, 1.54) is 18.4 Å². The molecule has 0 spiro atoms. The molecule has 3 heterocycles. The van der Waals surface area contributed by atoms with Gasteiger partial charge in [0.15, 0.2) is 5.78 Å². The summed E-state index contributed by atoms with van der Waals surface area (Å²) < 4.78 is 0. The van der Waals surface area contributed by atoms with Crippen LogP contribution in [0.15, 0.2) is 48.7 Å². The summed E-state index contributed by atoms with van der Waals surface area (Å²) in [6.07, 6.45) is 6.22. The van der Waals surface area contributed by atoms with E-state index in [1.807, 2.05) is 19.1 Å². The first-order chi connectivity index (χ1) is 11.7. The van der Waals surface area contributed by atoms with Crippen LogP contribution in [0.5, 0.6) is 0 Å². The quantitative estimate of drug-likeness (QED) is 0.798. The van der Waals surface area contributed by atoms with Gasteiger partial charge in [-0.05, 0) is 50.3 Å².